The zero-order valence-electron chi connectivity index (χ0n) is 20.4. The molecule has 1 unspecified atom stereocenters. The topological polar surface area (TPSA) is 76.1 Å². The average molecular weight is 467 g/mol. The van der Waals surface area contributed by atoms with Crippen LogP contribution in [0.4, 0.5) is 10.8 Å². The van der Waals surface area contributed by atoms with Crippen LogP contribution in [0.2, 0.25) is 0 Å². The lowest BCUT2D eigenvalue weighted by Crippen LogP contribution is -2.31. The minimum Gasteiger partial charge on any atom is -0.437 e. The van der Waals surface area contributed by atoms with Gasteiger partial charge < -0.3 is 15.4 Å². The Morgan fingerprint density at radius 1 is 1.12 bits per heavy atom. The Morgan fingerprint density at radius 3 is 2.58 bits per heavy atom. The largest absolute Gasteiger partial charge is 0.437 e. The van der Waals surface area contributed by atoms with Crippen LogP contribution in [-0.4, -0.2) is 22.9 Å². The van der Waals surface area contributed by atoms with Crippen LogP contribution in [-0.2, 0) is 15.6 Å². The van der Waals surface area contributed by atoms with Gasteiger partial charge in [0.15, 0.2) is 5.13 Å². The first-order chi connectivity index (χ1) is 15.7. The van der Waals surface area contributed by atoms with Crippen molar-refractivity contribution in [3.8, 4) is 11.6 Å². The van der Waals surface area contributed by atoms with Crippen LogP contribution < -0.4 is 15.4 Å². The van der Waals surface area contributed by atoms with E-state index in [0.717, 1.165) is 40.7 Å². The number of amides is 1. The van der Waals surface area contributed by atoms with E-state index in [9.17, 15) is 4.79 Å². The van der Waals surface area contributed by atoms with Crippen molar-refractivity contribution < 1.29 is 9.53 Å². The highest BCUT2D eigenvalue weighted by atomic mass is 32.1. The van der Waals surface area contributed by atoms with E-state index in [1.54, 1.807) is 13.2 Å². The number of anilines is 2. The van der Waals surface area contributed by atoms with Gasteiger partial charge in [-0.05, 0) is 30.0 Å². The number of hydrogen-bond donors (Lipinski definition) is 2. The molecule has 2 N–H and O–H groups in total. The summed E-state index contributed by atoms with van der Waals surface area (Å²) >= 11 is 1.52. The molecular weight excluding hydrogens is 432 g/mol. The lowest BCUT2D eigenvalue weighted by molar-refractivity contribution is -0.121. The molecule has 0 bridgehead atoms. The number of pyridine rings is 1. The highest BCUT2D eigenvalue weighted by molar-refractivity contribution is 7.13. The molecule has 1 amide bonds. The Hall–Kier alpha value is -2.93. The number of nitrogens with one attached hydrogen (secondary N) is 2. The number of carbonyl (C=O) groups is 1. The molecular formula is C26H34N4O2S. The lowest BCUT2D eigenvalue weighted by atomic mass is 9.79. The maximum Gasteiger partial charge on any atom is 0.243 e. The zero-order valence-corrected chi connectivity index (χ0v) is 21.2. The van der Waals surface area contributed by atoms with Gasteiger partial charge in [-0.1, -0.05) is 59.2 Å². The quantitative estimate of drug-likeness (QED) is 0.373. The van der Waals surface area contributed by atoms with Crippen molar-refractivity contribution in [3.63, 3.8) is 0 Å². The molecule has 0 aliphatic heterocycles. The summed E-state index contributed by atoms with van der Waals surface area (Å²) in [4.78, 5) is 21.4. The molecule has 0 saturated heterocycles. The van der Waals surface area contributed by atoms with Gasteiger partial charge in [0.2, 0.25) is 11.8 Å². The molecule has 0 saturated carbocycles. The van der Waals surface area contributed by atoms with Crippen molar-refractivity contribution in [1.82, 2.24) is 15.3 Å². The second-order valence-electron chi connectivity index (χ2n) is 9.53. The second kappa shape index (κ2) is 10.3. The monoisotopic (exact) mass is 466 g/mol. The molecule has 176 valence electrons. The van der Waals surface area contributed by atoms with E-state index in [2.05, 4.69) is 56.3 Å². The van der Waals surface area contributed by atoms with Crippen LogP contribution >= 0.6 is 11.3 Å². The van der Waals surface area contributed by atoms with E-state index in [-0.39, 0.29) is 16.7 Å². The number of carbonyl (C=O) groups excluding carboxylic acids is 1. The van der Waals surface area contributed by atoms with Gasteiger partial charge in [-0.25, -0.2) is 9.97 Å². The zero-order chi connectivity index (χ0) is 24.1. The molecule has 3 rings (SSSR count). The fourth-order valence-corrected chi connectivity index (χ4v) is 4.75. The Bertz CT molecular complexity index is 1090. The average Bonchev–Trinajstić information content (AvgIpc) is 3.24. The molecule has 2 heterocycles. The van der Waals surface area contributed by atoms with E-state index in [0.29, 0.717) is 12.3 Å². The van der Waals surface area contributed by atoms with E-state index in [1.165, 1.54) is 11.3 Å². The highest BCUT2D eigenvalue weighted by Gasteiger charge is 2.31. The van der Waals surface area contributed by atoms with Gasteiger partial charge >= 0.3 is 0 Å². The van der Waals surface area contributed by atoms with Gasteiger partial charge in [-0.15, -0.1) is 11.3 Å². The lowest BCUT2D eigenvalue weighted by Gasteiger charge is -2.26. The molecule has 0 fully saturated rings. The third-order valence-electron chi connectivity index (χ3n) is 5.67. The molecule has 6 nitrogen and oxygen atoms in total. The number of aromatic nitrogens is 2. The third-order valence-corrected chi connectivity index (χ3v) is 6.43. The van der Waals surface area contributed by atoms with Crippen molar-refractivity contribution in [1.29, 1.82) is 0 Å². The normalized spacial score (nSPS) is 13.3. The Balaban J connectivity index is 1.86. The molecule has 0 aliphatic carbocycles. The first-order valence-corrected chi connectivity index (χ1v) is 12.2. The smallest absolute Gasteiger partial charge is 0.243 e. The summed E-state index contributed by atoms with van der Waals surface area (Å²) in [6, 6.07) is 11.8. The Morgan fingerprint density at radius 2 is 1.88 bits per heavy atom. The number of rotatable bonds is 9. The van der Waals surface area contributed by atoms with Crippen molar-refractivity contribution in [2.75, 3.05) is 12.4 Å². The Labute approximate surface area is 200 Å². The summed E-state index contributed by atoms with van der Waals surface area (Å²) in [5, 5.41) is 8.89. The molecule has 1 atom stereocenters. The second-order valence-corrected chi connectivity index (χ2v) is 10.4. The molecule has 0 aliphatic rings. The molecule has 3 aromatic rings. The highest BCUT2D eigenvalue weighted by Crippen LogP contribution is 2.38. The first-order valence-electron chi connectivity index (χ1n) is 11.3. The number of nitrogens with zero attached hydrogens (tertiary/aromatic N) is 2. The van der Waals surface area contributed by atoms with Crippen LogP contribution in [0.15, 0.2) is 48.0 Å². The van der Waals surface area contributed by atoms with Crippen molar-refractivity contribution in [2.45, 2.75) is 64.7 Å². The summed E-state index contributed by atoms with van der Waals surface area (Å²) < 4.78 is 6.27. The minimum absolute atomic E-state index is 0.0221. The fraction of sp³-hybridized carbons (Fsp3) is 0.423. The minimum atomic E-state index is -0.314. The van der Waals surface area contributed by atoms with E-state index >= 15 is 0 Å². The SMILES string of the molecule is CCCC(C)(CC(=O)NC)c1csc(Nc2cccnc2Oc2ccccc2C(C)(C)C)n1. The van der Waals surface area contributed by atoms with Gasteiger partial charge in [0.1, 0.15) is 11.4 Å². The van der Waals surface area contributed by atoms with Gasteiger partial charge in [0.25, 0.3) is 0 Å². The van der Waals surface area contributed by atoms with Crippen LogP contribution in [0.3, 0.4) is 0 Å². The van der Waals surface area contributed by atoms with E-state index in [1.807, 2.05) is 35.7 Å². The predicted molar refractivity (Wildman–Crippen MR) is 136 cm³/mol. The van der Waals surface area contributed by atoms with Crippen molar-refractivity contribution in [2.24, 2.45) is 0 Å². The number of ether oxygens (including phenoxy) is 1. The summed E-state index contributed by atoms with van der Waals surface area (Å²) in [6.45, 7) is 10.7. The standard InChI is InChI=1S/C26H34N4O2S/c1-7-14-26(5,16-22(31)27-6)21-17-33-24(30-21)29-19-12-10-15-28-23(19)32-20-13-9-8-11-18(20)25(2,3)4/h8-13,15,17H,7,14,16H2,1-6H3,(H,27,31)(H,29,30). The summed E-state index contributed by atoms with van der Waals surface area (Å²) in [5.41, 5.74) is 2.40. The van der Waals surface area contributed by atoms with Gasteiger partial charge in [-0.2, -0.15) is 0 Å². The molecule has 2 aromatic heterocycles. The number of thiazole rings is 1. The van der Waals surface area contributed by atoms with Gasteiger partial charge in [0.05, 0.1) is 5.69 Å². The van der Waals surface area contributed by atoms with Gasteiger partial charge in [-0.3, -0.25) is 4.79 Å². The van der Waals surface area contributed by atoms with E-state index < -0.39 is 0 Å². The number of hydrogen-bond acceptors (Lipinski definition) is 6. The summed E-state index contributed by atoms with van der Waals surface area (Å²) in [6.07, 6.45) is 3.98. The fourth-order valence-electron chi connectivity index (χ4n) is 3.87. The molecule has 0 spiro atoms. The number of benzene rings is 1. The van der Waals surface area contributed by atoms with Crippen LogP contribution in [0.25, 0.3) is 0 Å². The Kier molecular flexibility index (Phi) is 7.74. The maximum atomic E-state index is 12.1. The van der Waals surface area contributed by atoms with E-state index in [4.69, 9.17) is 9.72 Å². The van der Waals surface area contributed by atoms with Crippen molar-refractivity contribution in [3.05, 3.63) is 59.2 Å². The van der Waals surface area contributed by atoms with Crippen LogP contribution in [0.5, 0.6) is 11.6 Å². The third kappa shape index (κ3) is 6.11. The summed E-state index contributed by atoms with van der Waals surface area (Å²) in [7, 11) is 1.67. The first kappa shape index (κ1) is 24.7. The molecule has 1 aromatic carbocycles. The predicted octanol–water partition coefficient (Wildman–Crippen LogP) is 6.57. The molecule has 0 radical (unpaired) electrons. The van der Waals surface area contributed by atoms with Crippen LogP contribution in [0, 0.1) is 0 Å². The van der Waals surface area contributed by atoms with Crippen LogP contribution in [0.1, 0.15) is 65.1 Å². The van der Waals surface area contributed by atoms with Crippen molar-refractivity contribution >= 4 is 28.1 Å². The van der Waals surface area contributed by atoms with Gasteiger partial charge in [0, 0.05) is 36.0 Å². The molecule has 7 heteroatoms. The number of para-hydroxylation sites is 1. The maximum absolute atomic E-state index is 12.1. The summed E-state index contributed by atoms with van der Waals surface area (Å²) in [5.74, 6) is 1.30. The molecule has 33 heavy (non-hydrogen) atoms.